The Morgan fingerprint density at radius 1 is 1.65 bits per heavy atom. The molecule has 0 aliphatic carbocycles. The van der Waals surface area contributed by atoms with Gasteiger partial charge in [-0.15, -0.1) is 0 Å². The zero-order valence-corrected chi connectivity index (χ0v) is 10.1. The molecule has 8 heteroatoms. The Bertz CT molecular complexity index is 536. The molecule has 7 nitrogen and oxygen atoms in total. The van der Waals surface area contributed by atoms with Crippen LogP contribution in [0.4, 0.5) is 6.01 Å². The Kier molecular flexibility index (Phi) is 2.82. The molecule has 17 heavy (non-hydrogen) atoms. The highest BCUT2D eigenvalue weighted by Crippen LogP contribution is 2.18. The summed E-state index contributed by atoms with van der Waals surface area (Å²) in [6, 6.07) is -0.383. The molecule has 94 valence electrons. The lowest BCUT2D eigenvalue weighted by molar-refractivity contribution is 0.0742. The lowest BCUT2D eigenvalue weighted by Gasteiger charge is -2.21. The molecule has 1 aliphatic rings. The fraction of sp³-hybridized carbons (Fsp3) is 0.556. The van der Waals surface area contributed by atoms with Gasteiger partial charge in [0.05, 0.1) is 11.5 Å². The number of amides is 1. The van der Waals surface area contributed by atoms with Gasteiger partial charge in [0.25, 0.3) is 11.9 Å². The van der Waals surface area contributed by atoms with Gasteiger partial charge < -0.3 is 15.1 Å². The number of sulfone groups is 1. The molecular weight excluding hydrogens is 246 g/mol. The maximum Gasteiger partial charge on any atom is 0.292 e. The number of carbonyl (C=O) groups is 1. The Balaban J connectivity index is 2.11. The molecule has 1 unspecified atom stereocenters. The Morgan fingerprint density at radius 2 is 2.35 bits per heavy atom. The van der Waals surface area contributed by atoms with Crippen molar-refractivity contribution in [2.45, 2.75) is 12.5 Å². The number of hydrogen-bond acceptors (Lipinski definition) is 6. The zero-order chi connectivity index (χ0) is 12.6. The van der Waals surface area contributed by atoms with E-state index in [0.717, 1.165) is 6.26 Å². The van der Waals surface area contributed by atoms with Gasteiger partial charge in [-0.2, -0.15) is 4.98 Å². The normalized spacial score (nSPS) is 22.5. The monoisotopic (exact) mass is 259 g/mol. The lowest BCUT2D eigenvalue weighted by atomic mass is 10.2. The summed E-state index contributed by atoms with van der Waals surface area (Å²) in [4.78, 5) is 17.0. The van der Waals surface area contributed by atoms with Crippen LogP contribution >= 0.6 is 0 Å². The molecule has 1 aliphatic heterocycles. The summed E-state index contributed by atoms with van der Waals surface area (Å²) >= 11 is 0. The summed E-state index contributed by atoms with van der Waals surface area (Å²) in [6.45, 7) is 0. The van der Waals surface area contributed by atoms with E-state index in [2.05, 4.69) is 4.98 Å². The first-order chi connectivity index (χ1) is 7.89. The summed E-state index contributed by atoms with van der Waals surface area (Å²) in [5.41, 5.74) is 5.36. The van der Waals surface area contributed by atoms with Crippen molar-refractivity contribution < 1.29 is 17.6 Å². The smallest absolute Gasteiger partial charge is 0.292 e. The predicted octanol–water partition coefficient (Wildman–Crippen LogP) is -0.484. The highest BCUT2D eigenvalue weighted by molar-refractivity contribution is 7.91. The van der Waals surface area contributed by atoms with E-state index in [-0.39, 0.29) is 35.2 Å². The number of anilines is 1. The maximum absolute atomic E-state index is 11.9. The summed E-state index contributed by atoms with van der Waals surface area (Å²) in [7, 11) is -1.46. The van der Waals surface area contributed by atoms with Crippen LogP contribution in [0.2, 0.25) is 0 Å². The molecule has 0 saturated carbocycles. The zero-order valence-electron chi connectivity index (χ0n) is 9.29. The summed E-state index contributed by atoms with van der Waals surface area (Å²) in [6.07, 6.45) is 1.62. The number of nitrogen functional groups attached to an aromatic ring is 1. The van der Waals surface area contributed by atoms with Gasteiger partial charge in [-0.05, 0) is 6.42 Å². The van der Waals surface area contributed by atoms with E-state index >= 15 is 0 Å². The second-order valence-corrected chi connectivity index (χ2v) is 6.27. The molecule has 2 N–H and O–H groups in total. The Hall–Kier alpha value is -1.57. The summed E-state index contributed by atoms with van der Waals surface area (Å²) in [5, 5.41) is 0. The first-order valence-corrected chi connectivity index (χ1v) is 6.90. The van der Waals surface area contributed by atoms with Gasteiger partial charge in [0.15, 0.2) is 15.5 Å². The van der Waals surface area contributed by atoms with E-state index in [1.165, 1.54) is 4.90 Å². The SMILES string of the molecule is CN(C(=O)c1coc(N)n1)C1CCS(=O)(=O)C1. The molecule has 0 radical (unpaired) electrons. The quantitative estimate of drug-likeness (QED) is 0.768. The number of aromatic nitrogens is 1. The van der Waals surface area contributed by atoms with Crippen molar-refractivity contribution in [2.75, 3.05) is 24.3 Å². The van der Waals surface area contributed by atoms with Crippen molar-refractivity contribution in [3.63, 3.8) is 0 Å². The van der Waals surface area contributed by atoms with Crippen molar-refractivity contribution >= 4 is 21.8 Å². The third-order valence-corrected chi connectivity index (χ3v) is 4.57. The van der Waals surface area contributed by atoms with Crippen molar-refractivity contribution in [2.24, 2.45) is 0 Å². The molecule has 1 fully saturated rings. The van der Waals surface area contributed by atoms with Crippen molar-refractivity contribution in [3.05, 3.63) is 12.0 Å². The molecule has 1 atom stereocenters. The fourth-order valence-electron chi connectivity index (χ4n) is 1.81. The minimum absolute atomic E-state index is 0.00255. The van der Waals surface area contributed by atoms with Gasteiger partial charge >= 0.3 is 0 Å². The summed E-state index contributed by atoms with van der Waals surface area (Å²) in [5.74, 6) is -0.258. The second kappa shape index (κ2) is 4.02. The average Bonchev–Trinajstić information content (AvgIpc) is 2.82. The topological polar surface area (TPSA) is 106 Å². The molecule has 1 saturated heterocycles. The van der Waals surface area contributed by atoms with Gasteiger partial charge in [-0.1, -0.05) is 0 Å². The molecule has 2 rings (SSSR count). The van der Waals surface area contributed by atoms with Crippen LogP contribution in [0, 0.1) is 0 Å². The first-order valence-electron chi connectivity index (χ1n) is 5.07. The van der Waals surface area contributed by atoms with Gasteiger partial charge in [0.2, 0.25) is 0 Å². The van der Waals surface area contributed by atoms with E-state index < -0.39 is 9.84 Å². The molecule has 1 aromatic heterocycles. The highest BCUT2D eigenvalue weighted by Gasteiger charge is 2.33. The van der Waals surface area contributed by atoms with Crippen molar-refractivity contribution in [3.8, 4) is 0 Å². The minimum atomic E-state index is -3.01. The predicted molar refractivity (Wildman–Crippen MR) is 60.1 cm³/mol. The van der Waals surface area contributed by atoms with Crippen LogP contribution in [0.25, 0.3) is 0 Å². The minimum Gasteiger partial charge on any atom is -0.431 e. The largest absolute Gasteiger partial charge is 0.431 e. The summed E-state index contributed by atoms with van der Waals surface area (Å²) < 4.78 is 27.4. The van der Waals surface area contributed by atoms with Gasteiger partial charge in [0, 0.05) is 13.1 Å². The van der Waals surface area contributed by atoms with Crippen LogP contribution in [-0.2, 0) is 9.84 Å². The first kappa shape index (κ1) is 11.9. The number of hydrogen-bond donors (Lipinski definition) is 1. The second-order valence-electron chi connectivity index (χ2n) is 4.04. The number of nitrogens with two attached hydrogens (primary N) is 1. The van der Waals surface area contributed by atoms with Crippen LogP contribution in [0.3, 0.4) is 0 Å². The molecule has 0 bridgehead atoms. The molecule has 1 amide bonds. The third-order valence-electron chi connectivity index (χ3n) is 2.82. The van der Waals surface area contributed by atoms with E-state index in [4.69, 9.17) is 10.2 Å². The Morgan fingerprint density at radius 3 is 2.82 bits per heavy atom. The standard InChI is InChI=1S/C9H13N3O4S/c1-12(6-2-3-17(14,15)5-6)8(13)7-4-16-9(10)11-7/h4,6H,2-3,5H2,1H3,(H2,10,11). The van der Waals surface area contributed by atoms with E-state index in [1.807, 2.05) is 0 Å². The van der Waals surface area contributed by atoms with Crippen LogP contribution in [0.15, 0.2) is 10.7 Å². The molecule has 2 heterocycles. The third kappa shape index (κ3) is 2.41. The lowest BCUT2D eigenvalue weighted by Crippen LogP contribution is -2.38. The van der Waals surface area contributed by atoms with Crippen LogP contribution in [0.1, 0.15) is 16.9 Å². The fourth-order valence-corrected chi connectivity index (χ4v) is 3.59. The van der Waals surface area contributed by atoms with E-state index in [1.54, 1.807) is 7.05 Å². The molecular formula is C9H13N3O4S. The average molecular weight is 259 g/mol. The van der Waals surface area contributed by atoms with E-state index in [9.17, 15) is 13.2 Å². The number of carbonyl (C=O) groups excluding carboxylic acids is 1. The highest BCUT2D eigenvalue weighted by atomic mass is 32.2. The van der Waals surface area contributed by atoms with Gasteiger partial charge in [-0.3, -0.25) is 4.79 Å². The molecule has 0 aromatic carbocycles. The number of rotatable bonds is 2. The van der Waals surface area contributed by atoms with Crippen LogP contribution in [-0.4, -0.2) is 48.8 Å². The van der Waals surface area contributed by atoms with E-state index in [0.29, 0.717) is 6.42 Å². The number of oxazole rings is 1. The molecule has 0 spiro atoms. The van der Waals surface area contributed by atoms with Crippen LogP contribution < -0.4 is 5.73 Å². The van der Waals surface area contributed by atoms with Crippen molar-refractivity contribution in [1.29, 1.82) is 0 Å². The van der Waals surface area contributed by atoms with Crippen molar-refractivity contribution in [1.82, 2.24) is 9.88 Å². The Labute approximate surface area is 98.5 Å². The molecule has 1 aromatic rings. The van der Waals surface area contributed by atoms with Crippen LogP contribution in [0.5, 0.6) is 0 Å². The van der Waals surface area contributed by atoms with Gasteiger partial charge in [-0.25, -0.2) is 8.42 Å². The maximum atomic E-state index is 11.9. The number of nitrogens with zero attached hydrogens (tertiary/aromatic N) is 2. The van der Waals surface area contributed by atoms with Gasteiger partial charge in [0.1, 0.15) is 6.26 Å².